The Morgan fingerprint density at radius 1 is 1.09 bits per heavy atom. The van der Waals surface area contributed by atoms with Gasteiger partial charge >= 0.3 is 12.1 Å². The Kier molecular flexibility index (Phi) is 6.72. The third-order valence-electron chi connectivity index (χ3n) is 6.64. The first-order chi connectivity index (χ1) is 16.2. The molecule has 0 spiro atoms. The Morgan fingerprint density at radius 3 is 2.53 bits per heavy atom. The topological polar surface area (TPSA) is 114 Å². The smallest absolute Gasteiger partial charge is 0.410 e. The number of para-hydroxylation sites is 1. The van der Waals surface area contributed by atoms with Crippen LogP contribution >= 0.6 is 0 Å². The lowest BCUT2D eigenvalue weighted by atomic mass is 9.79. The summed E-state index contributed by atoms with van der Waals surface area (Å²) in [6.07, 6.45) is 2.73. The van der Waals surface area contributed by atoms with Crippen molar-refractivity contribution in [2.75, 3.05) is 17.2 Å². The van der Waals surface area contributed by atoms with E-state index in [1.807, 2.05) is 19.1 Å². The van der Waals surface area contributed by atoms with Crippen LogP contribution in [0.25, 0.3) is 0 Å². The Hall–Kier alpha value is -3.62. The van der Waals surface area contributed by atoms with Gasteiger partial charge in [0.2, 0.25) is 5.91 Å². The molecule has 0 saturated heterocycles. The van der Waals surface area contributed by atoms with Crippen LogP contribution in [0.3, 0.4) is 0 Å². The number of urea groups is 1. The largest absolute Gasteiger partial charge is 0.443 e. The number of rotatable bonds is 4. The average molecular weight is 469 g/mol. The van der Waals surface area contributed by atoms with Gasteiger partial charge in [0.15, 0.2) is 0 Å². The predicted molar refractivity (Wildman–Crippen MR) is 126 cm³/mol. The number of benzene rings is 2. The van der Waals surface area contributed by atoms with E-state index in [1.54, 1.807) is 23.1 Å². The number of nitrogens with zero attached hydrogens (tertiary/aromatic N) is 1. The first-order valence-electron chi connectivity index (χ1n) is 11.4. The lowest BCUT2D eigenvalue weighted by Crippen LogP contribution is -2.44. The van der Waals surface area contributed by atoms with E-state index in [1.165, 1.54) is 12.1 Å². The van der Waals surface area contributed by atoms with Crippen molar-refractivity contribution < 1.29 is 23.5 Å². The van der Waals surface area contributed by atoms with E-state index < -0.39 is 17.4 Å². The fraction of sp³-hybridized carbons (Fsp3) is 0.400. The minimum absolute atomic E-state index is 0.101. The van der Waals surface area contributed by atoms with E-state index in [2.05, 4.69) is 10.6 Å². The summed E-state index contributed by atoms with van der Waals surface area (Å²) in [5, 5.41) is 5.21. The second-order valence-corrected chi connectivity index (χ2v) is 9.21. The van der Waals surface area contributed by atoms with Crippen molar-refractivity contribution in [3.63, 3.8) is 0 Å². The van der Waals surface area contributed by atoms with Gasteiger partial charge in [0.05, 0.1) is 5.69 Å². The normalized spacial score (nSPS) is 21.8. The molecule has 180 valence electrons. The second-order valence-electron chi connectivity index (χ2n) is 9.21. The molecule has 2 aliphatic rings. The van der Waals surface area contributed by atoms with Crippen LogP contribution in [0, 0.1) is 11.7 Å². The van der Waals surface area contributed by atoms with Gasteiger partial charge in [-0.1, -0.05) is 18.2 Å². The van der Waals surface area contributed by atoms with Gasteiger partial charge in [-0.2, -0.15) is 0 Å². The molecule has 0 unspecified atom stereocenters. The van der Waals surface area contributed by atoms with E-state index in [4.69, 9.17) is 10.5 Å². The molecule has 0 radical (unpaired) electrons. The first kappa shape index (κ1) is 23.5. The summed E-state index contributed by atoms with van der Waals surface area (Å²) >= 11 is 0. The Morgan fingerprint density at radius 2 is 1.82 bits per heavy atom. The molecule has 8 nitrogen and oxygen atoms in total. The van der Waals surface area contributed by atoms with Crippen LogP contribution in [0.5, 0.6) is 0 Å². The summed E-state index contributed by atoms with van der Waals surface area (Å²) in [6, 6.07) is 10.9. The van der Waals surface area contributed by atoms with Gasteiger partial charge in [0.25, 0.3) is 0 Å². The van der Waals surface area contributed by atoms with Gasteiger partial charge in [-0.25, -0.2) is 14.0 Å². The zero-order valence-corrected chi connectivity index (χ0v) is 19.1. The fourth-order valence-electron chi connectivity index (χ4n) is 4.52. The summed E-state index contributed by atoms with van der Waals surface area (Å²) in [6.45, 7) is 2.82. The Bertz CT molecular complexity index is 1100. The molecule has 2 aromatic carbocycles. The maximum atomic E-state index is 13.7. The van der Waals surface area contributed by atoms with Gasteiger partial charge in [-0.15, -0.1) is 0 Å². The molecule has 4 amide bonds. The third-order valence-corrected chi connectivity index (χ3v) is 6.64. The van der Waals surface area contributed by atoms with Crippen LogP contribution in [0.1, 0.15) is 43.7 Å². The van der Waals surface area contributed by atoms with E-state index in [0.29, 0.717) is 50.9 Å². The van der Waals surface area contributed by atoms with Gasteiger partial charge in [0, 0.05) is 24.7 Å². The fourth-order valence-corrected chi connectivity index (χ4v) is 4.52. The maximum absolute atomic E-state index is 13.7. The number of nitrogens with two attached hydrogens (primary N) is 1. The number of fused-ring (bicyclic) bond motifs is 1. The monoisotopic (exact) mass is 468 g/mol. The highest BCUT2D eigenvalue weighted by atomic mass is 19.1. The van der Waals surface area contributed by atoms with Crippen molar-refractivity contribution in [2.24, 2.45) is 11.7 Å². The lowest BCUT2D eigenvalue weighted by molar-refractivity contribution is -0.124. The molecule has 1 saturated carbocycles. The second kappa shape index (κ2) is 9.70. The number of hydrogen-bond acceptors (Lipinski definition) is 4. The highest BCUT2D eigenvalue weighted by molar-refractivity contribution is 5.99. The van der Waals surface area contributed by atoms with Gasteiger partial charge in [-0.05, 0) is 74.4 Å². The van der Waals surface area contributed by atoms with Crippen LogP contribution in [0.4, 0.5) is 25.4 Å². The molecule has 34 heavy (non-hydrogen) atoms. The van der Waals surface area contributed by atoms with Crippen LogP contribution in [-0.4, -0.2) is 35.1 Å². The van der Waals surface area contributed by atoms with Gasteiger partial charge < -0.3 is 26.0 Å². The number of nitrogens with one attached hydrogen (secondary N) is 2. The zero-order chi connectivity index (χ0) is 24.3. The predicted octanol–water partition coefficient (Wildman–Crippen LogP) is 4.40. The van der Waals surface area contributed by atoms with Crippen LogP contribution in [-0.2, 0) is 22.5 Å². The lowest BCUT2D eigenvalue weighted by Gasteiger charge is -2.38. The zero-order valence-electron chi connectivity index (χ0n) is 19.1. The quantitative estimate of drug-likeness (QED) is 0.617. The number of halogens is 1. The SMILES string of the molecule is CC1(OC(=O)N2CCc3cc(NC(=O)Nc4ccccc4F)ccc3C2)CCC(C(N)=O)CC1. The molecule has 0 bridgehead atoms. The van der Waals surface area contributed by atoms with Crippen molar-refractivity contribution >= 4 is 29.4 Å². The summed E-state index contributed by atoms with van der Waals surface area (Å²) in [7, 11) is 0. The molecule has 4 rings (SSSR count). The molecular weight excluding hydrogens is 439 g/mol. The van der Waals surface area contributed by atoms with E-state index in [-0.39, 0.29) is 23.6 Å². The van der Waals surface area contributed by atoms with Crippen molar-refractivity contribution in [1.29, 1.82) is 0 Å². The molecule has 1 heterocycles. The Labute approximate surface area is 197 Å². The van der Waals surface area contributed by atoms with E-state index in [0.717, 1.165) is 11.1 Å². The minimum Gasteiger partial charge on any atom is -0.443 e. The minimum atomic E-state index is -0.595. The summed E-state index contributed by atoms with van der Waals surface area (Å²) in [5.41, 5.74) is 7.50. The third kappa shape index (κ3) is 5.47. The number of ether oxygens (including phenoxy) is 1. The molecule has 1 fully saturated rings. The molecule has 9 heteroatoms. The Balaban J connectivity index is 1.32. The molecule has 0 atom stereocenters. The maximum Gasteiger partial charge on any atom is 0.410 e. The van der Waals surface area contributed by atoms with Gasteiger partial charge in [-0.3, -0.25) is 4.79 Å². The van der Waals surface area contributed by atoms with Gasteiger partial charge in [0.1, 0.15) is 11.4 Å². The highest BCUT2D eigenvalue weighted by Crippen LogP contribution is 2.35. The number of anilines is 2. The highest BCUT2D eigenvalue weighted by Gasteiger charge is 2.37. The molecule has 2 aromatic rings. The van der Waals surface area contributed by atoms with Crippen molar-refractivity contribution in [3.8, 4) is 0 Å². The molecule has 1 aliphatic carbocycles. The molecule has 4 N–H and O–H groups in total. The first-order valence-corrected chi connectivity index (χ1v) is 11.4. The number of carbonyl (C=O) groups is 3. The van der Waals surface area contributed by atoms with Crippen molar-refractivity contribution in [3.05, 3.63) is 59.4 Å². The average Bonchev–Trinajstić information content (AvgIpc) is 2.80. The van der Waals surface area contributed by atoms with Crippen LogP contribution < -0.4 is 16.4 Å². The van der Waals surface area contributed by atoms with E-state index >= 15 is 0 Å². The summed E-state index contributed by atoms with van der Waals surface area (Å²) in [4.78, 5) is 38.1. The van der Waals surface area contributed by atoms with Crippen LogP contribution in [0.15, 0.2) is 42.5 Å². The van der Waals surface area contributed by atoms with E-state index in [9.17, 15) is 18.8 Å². The number of amides is 4. The number of hydrogen-bond donors (Lipinski definition) is 3. The number of primary amides is 1. The molecular formula is C25H29FN4O4. The molecule has 0 aromatic heterocycles. The number of carbonyl (C=O) groups excluding carboxylic acids is 3. The standard InChI is InChI=1S/C25H29FN4O4/c1-25(11-8-16(9-12-25)22(27)31)34-24(33)30-13-10-17-14-19(7-6-18(17)15-30)28-23(32)29-21-5-3-2-4-20(21)26/h2-7,14,16H,8-13,15H2,1H3,(H2,27,31)(H2,28,29,32). The molecule has 1 aliphatic heterocycles. The van der Waals surface area contributed by atoms with Crippen molar-refractivity contribution in [2.45, 2.75) is 51.2 Å². The summed E-state index contributed by atoms with van der Waals surface area (Å²) < 4.78 is 19.6. The van der Waals surface area contributed by atoms with Crippen molar-refractivity contribution in [1.82, 2.24) is 4.90 Å². The van der Waals surface area contributed by atoms with Crippen LogP contribution in [0.2, 0.25) is 0 Å². The summed E-state index contributed by atoms with van der Waals surface area (Å²) in [5.74, 6) is -0.949.